The molecule has 0 fully saturated rings. The predicted molar refractivity (Wildman–Crippen MR) is 119 cm³/mol. The third-order valence-corrected chi connectivity index (χ3v) is 5.24. The summed E-state index contributed by atoms with van der Waals surface area (Å²) in [5.74, 6) is 0. The van der Waals surface area contributed by atoms with E-state index in [0.29, 0.717) is 5.02 Å². The zero-order valence-corrected chi connectivity index (χ0v) is 16.6. The topological polar surface area (TPSA) is 30.2 Å². The molecule has 0 radical (unpaired) electrons. The summed E-state index contributed by atoms with van der Waals surface area (Å²) < 4.78 is 1.91. The van der Waals surface area contributed by atoms with Crippen molar-refractivity contribution in [2.45, 2.75) is 6.92 Å². The molecule has 0 saturated carbocycles. The first-order valence-corrected chi connectivity index (χ1v) is 9.84. The Hall–Kier alpha value is -3.43. The molecular weight excluding hydrogens is 378 g/mol. The fourth-order valence-corrected chi connectivity index (χ4v) is 3.55. The summed E-state index contributed by atoms with van der Waals surface area (Å²) in [4.78, 5) is 4.90. The van der Waals surface area contributed by atoms with Crippen LogP contribution in [0.4, 0.5) is 0 Å². The number of fused-ring (bicyclic) bond motifs is 1. The molecule has 0 aliphatic rings. The standard InChI is InChI=1S/C25H18ClN3/c1-17-7-9-18(10-8-17)22-15-24(20-5-3-2-4-6-20)29-25(27-22)16-23(28-29)19-11-13-21(26)14-12-19/h2-16H,1H3. The van der Waals surface area contributed by atoms with Gasteiger partial charge >= 0.3 is 0 Å². The third-order valence-electron chi connectivity index (χ3n) is 4.98. The Bertz CT molecular complexity index is 1290. The van der Waals surface area contributed by atoms with Gasteiger partial charge in [-0.1, -0.05) is 83.9 Å². The number of aromatic nitrogens is 3. The van der Waals surface area contributed by atoms with Crippen molar-refractivity contribution in [1.29, 1.82) is 0 Å². The Labute approximate surface area is 174 Å². The summed E-state index contributed by atoms with van der Waals surface area (Å²) in [5, 5.41) is 5.56. The molecule has 29 heavy (non-hydrogen) atoms. The Kier molecular flexibility index (Phi) is 4.38. The van der Waals surface area contributed by atoms with E-state index in [1.54, 1.807) is 0 Å². The average Bonchev–Trinajstić information content (AvgIpc) is 3.19. The van der Waals surface area contributed by atoms with Gasteiger partial charge in [0.25, 0.3) is 0 Å². The molecule has 0 aliphatic heterocycles. The Balaban J connectivity index is 1.74. The van der Waals surface area contributed by atoms with Gasteiger partial charge < -0.3 is 0 Å². The van der Waals surface area contributed by atoms with Crippen molar-refractivity contribution in [3.63, 3.8) is 0 Å². The molecule has 0 N–H and O–H groups in total. The SMILES string of the molecule is Cc1ccc(-c2cc(-c3ccccc3)n3nc(-c4ccc(Cl)cc4)cc3n2)cc1. The van der Waals surface area contributed by atoms with Crippen LogP contribution in [0.3, 0.4) is 0 Å². The van der Waals surface area contributed by atoms with Gasteiger partial charge in [-0.15, -0.1) is 0 Å². The van der Waals surface area contributed by atoms with E-state index in [-0.39, 0.29) is 0 Å². The maximum atomic E-state index is 6.04. The van der Waals surface area contributed by atoms with Crippen molar-refractivity contribution in [3.8, 4) is 33.8 Å². The summed E-state index contributed by atoms with van der Waals surface area (Å²) >= 11 is 6.04. The van der Waals surface area contributed by atoms with Crippen molar-refractivity contribution in [2.75, 3.05) is 0 Å². The molecule has 140 valence electrons. The maximum Gasteiger partial charge on any atom is 0.156 e. The lowest BCUT2D eigenvalue weighted by molar-refractivity contribution is 0.953. The number of hydrogen-bond acceptors (Lipinski definition) is 2. The number of halogens is 1. The number of hydrogen-bond donors (Lipinski definition) is 0. The van der Waals surface area contributed by atoms with Gasteiger partial charge in [-0.3, -0.25) is 0 Å². The summed E-state index contributed by atoms with van der Waals surface area (Å²) in [5.41, 5.74) is 8.04. The van der Waals surface area contributed by atoms with Crippen LogP contribution >= 0.6 is 11.6 Å². The van der Waals surface area contributed by atoms with Gasteiger partial charge in [0, 0.05) is 27.8 Å². The first-order chi connectivity index (χ1) is 14.2. The van der Waals surface area contributed by atoms with Crippen molar-refractivity contribution in [2.24, 2.45) is 0 Å². The van der Waals surface area contributed by atoms with Gasteiger partial charge in [-0.05, 0) is 25.1 Å². The quantitative estimate of drug-likeness (QED) is 0.340. The van der Waals surface area contributed by atoms with Crippen LogP contribution in [0.25, 0.3) is 39.4 Å². The lowest BCUT2D eigenvalue weighted by Gasteiger charge is -2.09. The minimum absolute atomic E-state index is 0.710. The first-order valence-electron chi connectivity index (χ1n) is 9.47. The van der Waals surface area contributed by atoms with Gasteiger partial charge in [0.1, 0.15) is 0 Å². The minimum Gasteiger partial charge on any atom is -0.228 e. The molecule has 3 nitrogen and oxygen atoms in total. The summed E-state index contributed by atoms with van der Waals surface area (Å²) in [6.45, 7) is 2.09. The maximum absolute atomic E-state index is 6.04. The van der Waals surface area contributed by atoms with Crippen molar-refractivity contribution in [1.82, 2.24) is 14.6 Å². The molecule has 4 heteroatoms. The van der Waals surface area contributed by atoms with Gasteiger partial charge in [-0.25, -0.2) is 9.50 Å². The monoisotopic (exact) mass is 395 g/mol. The van der Waals surface area contributed by atoms with E-state index in [2.05, 4.69) is 49.4 Å². The van der Waals surface area contributed by atoms with Gasteiger partial charge in [-0.2, -0.15) is 5.10 Å². The van der Waals surface area contributed by atoms with Crippen LogP contribution < -0.4 is 0 Å². The number of rotatable bonds is 3. The number of benzene rings is 3. The zero-order valence-electron chi connectivity index (χ0n) is 15.9. The zero-order chi connectivity index (χ0) is 19.8. The second-order valence-corrected chi connectivity index (χ2v) is 7.50. The smallest absolute Gasteiger partial charge is 0.156 e. The predicted octanol–water partition coefficient (Wildman–Crippen LogP) is 6.69. The molecule has 0 unspecified atom stereocenters. The van der Waals surface area contributed by atoms with E-state index < -0.39 is 0 Å². The Morgan fingerprint density at radius 2 is 1.34 bits per heavy atom. The molecule has 0 saturated heterocycles. The van der Waals surface area contributed by atoms with Gasteiger partial charge in [0.15, 0.2) is 5.65 Å². The summed E-state index contributed by atoms with van der Waals surface area (Å²) in [7, 11) is 0. The molecule has 0 amide bonds. The largest absolute Gasteiger partial charge is 0.228 e. The lowest BCUT2D eigenvalue weighted by Crippen LogP contribution is -1.98. The molecule has 0 bridgehead atoms. The van der Waals surface area contributed by atoms with Gasteiger partial charge in [0.05, 0.1) is 17.1 Å². The van der Waals surface area contributed by atoms with E-state index in [1.807, 2.05) is 53.0 Å². The van der Waals surface area contributed by atoms with Crippen LogP contribution in [0.15, 0.2) is 91.0 Å². The van der Waals surface area contributed by atoms with Crippen molar-refractivity contribution < 1.29 is 0 Å². The van der Waals surface area contributed by atoms with Crippen molar-refractivity contribution >= 4 is 17.2 Å². The Morgan fingerprint density at radius 3 is 2.07 bits per heavy atom. The van der Waals surface area contributed by atoms with E-state index in [0.717, 1.165) is 39.4 Å². The first kappa shape index (κ1) is 17.7. The van der Waals surface area contributed by atoms with Gasteiger partial charge in [0.2, 0.25) is 0 Å². The number of nitrogens with zero attached hydrogens (tertiary/aromatic N) is 3. The van der Waals surface area contributed by atoms with Crippen LogP contribution in [0.1, 0.15) is 5.56 Å². The van der Waals surface area contributed by atoms with E-state index >= 15 is 0 Å². The van der Waals surface area contributed by atoms with Crippen LogP contribution in [0, 0.1) is 6.92 Å². The highest BCUT2D eigenvalue weighted by molar-refractivity contribution is 6.30. The lowest BCUT2D eigenvalue weighted by atomic mass is 10.1. The van der Waals surface area contributed by atoms with Crippen LogP contribution in [0.5, 0.6) is 0 Å². The molecule has 5 aromatic rings. The highest BCUT2D eigenvalue weighted by Crippen LogP contribution is 2.29. The van der Waals surface area contributed by atoms with E-state index in [9.17, 15) is 0 Å². The second-order valence-electron chi connectivity index (χ2n) is 7.07. The second kappa shape index (κ2) is 7.19. The normalized spacial score (nSPS) is 11.1. The highest BCUT2D eigenvalue weighted by atomic mass is 35.5. The molecule has 2 aromatic heterocycles. The fourth-order valence-electron chi connectivity index (χ4n) is 3.42. The molecule has 5 rings (SSSR count). The summed E-state index contributed by atoms with van der Waals surface area (Å²) in [6, 6.07) is 30.6. The highest BCUT2D eigenvalue weighted by Gasteiger charge is 2.13. The number of aryl methyl sites for hydroxylation is 1. The van der Waals surface area contributed by atoms with Crippen molar-refractivity contribution in [3.05, 3.63) is 102 Å². The van der Waals surface area contributed by atoms with E-state index in [1.165, 1.54) is 5.56 Å². The fraction of sp³-hybridized carbons (Fsp3) is 0.0400. The van der Waals surface area contributed by atoms with E-state index in [4.69, 9.17) is 21.7 Å². The van der Waals surface area contributed by atoms with Crippen LogP contribution in [-0.4, -0.2) is 14.6 Å². The molecule has 0 spiro atoms. The molecular formula is C25H18ClN3. The summed E-state index contributed by atoms with van der Waals surface area (Å²) in [6.07, 6.45) is 0. The molecule has 2 heterocycles. The minimum atomic E-state index is 0.710. The van der Waals surface area contributed by atoms with Crippen LogP contribution in [0.2, 0.25) is 5.02 Å². The third kappa shape index (κ3) is 3.41. The molecule has 0 atom stereocenters. The Morgan fingerprint density at radius 1 is 0.690 bits per heavy atom. The molecule has 0 aliphatic carbocycles. The molecule has 3 aromatic carbocycles. The van der Waals surface area contributed by atoms with Crippen LogP contribution in [-0.2, 0) is 0 Å². The average molecular weight is 396 g/mol.